The van der Waals surface area contributed by atoms with Gasteiger partial charge in [-0.2, -0.15) is 0 Å². The molecule has 0 bridgehead atoms. The van der Waals surface area contributed by atoms with E-state index in [1.54, 1.807) is 22.7 Å². The first-order valence-electron chi connectivity index (χ1n) is 7.02. The Hall–Kier alpha value is -1.24. The lowest BCUT2D eigenvalue weighted by atomic mass is 10.1. The quantitative estimate of drug-likeness (QED) is 0.594. The molecule has 0 amide bonds. The van der Waals surface area contributed by atoms with Gasteiger partial charge < -0.3 is 5.32 Å². The molecule has 0 aliphatic carbocycles. The van der Waals surface area contributed by atoms with E-state index in [1.807, 2.05) is 19.9 Å². The van der Waals surface area contributed by atoms with E-state index in [4.69, 9.17) is 4.98 Å². The Morgan fingerprint density at radius 2 is 2.05 bits per heavy atom. The minimum atomic E-state index is 0.914. The molecule has 22 heavy (non-hydrogen) atoms. The van der Waals surface area contributed by atoms with Gasteiger partial charge in [0.1, 0.15) is 0 Å². The van der Waals surface area contributed by atoms with Crippen molar-refractivity contribution in [2.45, 2.75) is 27.2 Å². The number of rotatable bonds is 4. The fourth-order valence-corrected chi connectivity index (χ4v) is 4.37. The van der Waals surface area contributed by atoms with E-state index in [-0.39, 0.29) is 0 Å². The number of benzene rings is 1. The Morgan fingerprint density at radius 1 is 1.23 bits per heavy atom. The summed E-state index contributed by atoms with van der Waals surface area (Å²) in [5, 5.41) is 7.52. The topological polar surface area (TPSA) is 37.8 Å². The summed E-state index contributed by atoms with van der Waals surface area (Å²) in [4.78, 5) is 10.3. The van der Waals surface area contributed by atoms with Gasteiger partial charge in [-0.15, -0.1) is 22.7 Å². The lowest BCUT2D eigenvalue weighted by Gasteiger charge is -2.08. The van der Waals surface area contributed by atoms with Crippen molar-refractivity contribution in [3.05, 3.63) is 44.3 Å². The molecule has 0 radical (unpaired) electrons. The molecule has 3 rings (SSSR count). The Kier molecular flexibility index (Phi) is 4.61. The maximum atomic E-state index is 4.71. The molecule has 2 aromatic heterocycles. The molecule has 0 fully saturated rings. The molecule has 0 atom stereocenters. The second kappa shape index (κ2) is 6.48. The standard InChI is InChI=1S/C16H16BrN3S2/c1-4-11-7-12(17)5-6-13(11)19-16-20-14(8-21-16)15-9(2)18-10(3)22-15/h5-8H,4H2,1-3H3,(H,19,20). The van der Waals surface area contributed by atoms with Gasteiger partial charge in [0.15, 0.2) is 5.13 Å². The van der Waals surface area contributed by atoms with Gasteiger partial charge in [-0.05, 0) is 44.0 Å². The molecule has 0 aliphatic rings. The number of halogens is 1. The van der Waals surface area contributed by atoms with Crippen LogP contribution in [-0.2, 0) is 6.42 Å². The zero-order valence-corrected chi connectivity index (χ0v) is 15.8. The van der Waals surface area contributed by atoms with Gasteiger partial charge in [-0.25, -0.2) is 9.97 Å². The monoisotopic (exact) mass is 393 g/mol. The predicted octanol–water partition coefficient (Wildman–Crippen LogP) is 5.95. The minimum Gasteiger partial charge on any atom is -0.331 e. The van der Waals surface area contributed by atoms with Gasteiger partial charge in [-0.1, -0.05) is 22.9 Å². The highest BCUT2D eigenvalue weighted by atomic mass is 79.9. The van der Waals surface area contributed by atoms with Gasteiger partial charge in [-0.3, -0.25) is 0 Å². The van der Waals surface area contributed by atoms with Gasteiger partial charge in [0, 0.05) is 15.5 Å². The summed E-state index contributed by atoms with van der Waals surface area (Å²) < 4.78 is 1.10. The van der Waals surface area contributed by atoms with Crippen molar-refractivity contribution in [2.24, 2.45) is 0 Å². The fraction of sp³-hybridized carbons (Fsp3) is 0.250. The molecule has 0 spiro atoms. The lowest BCUT2D eigenvalue weighted by Crippen LogP contribution is -1.95. The van der Waals surface area contributed by atoms with Crippen molar-refractivity contribution in [1.29, 1.82) is 0 Å². The highest BCUT2D eigenvalue weighted by Crippen LogP contribution is 2.33. The predicted molar refractivity (Wildman–Crippen MR) is 99.5 cm³/mol. The minimum absolute atomic E-state index is 0.914. The molecule has 1 N–H and O–H groups in total. The Bertz CT molecular complexity index is 808. The molecule has 2 heterocycles. The van der Waals surface area contributed by atoms with Crippen LogP contribution in [0.15, 0.2) is 28.1 Å². The van der Waals surface area contributed by atoms with E-state index >= 15 is 0 Å². The third kappa shape index (κ3) is 3.24. The van der Waals surface area contributed by atoms with Crippen molar-refractivity contribution in [1.82, 2.24) is 9.97 Å². The third-order valence-electron chi connectivity index (χ3n) is 3.33. The summed E-state index contributed by atoms with van der Waals surface area (Å²) in [6.45, 7) is 6.22. The summed E-state index contributed by atoms with van der Waals surface area (Å²) in [6, 6.07) is 6.28. The van der Waals surface area contributed by atoms with Crippen LogP contribution < -0.4 is 5.32 Å². The van der Waals surface area contributed by atoms with Crippen LogP contribution in [0.1, 0.15) is 23.2 Å². The lowest BCUT2D eigenvalue weighted by molar-refractivity contribution is 1.14. The van der Waals surface area contributed by atoms with Gasteiger partial charge >= 0.3 is 0 Å². The molecule has 6 heteroatoms. The number of hydrogen-bond acceptors (Lipinski definition) is 5. The van der Waals surface area contributed by atoms with Crippen molar-refractivity contribution < 1.29 is 0 Å². The van der Waals surface area contributed by atoms with Crippen molar-refractivity contribution in [2.75, 3.05) is 5.32 Å². The Balaban J connectivity index is 1.87. The number of thiazole rings is 2. The van der Waals surface area contributed by atoms with E-state index in [9.17, 15) is 0 Å². The van der Waals surface area contributed by atoms with Gasteiger partial charge in [0.05, 0.1) is 21.3 Å². The summed E-state index contributed by atoms with van der Waals surface area (Å²) >= 11 is 6.84. The molecule has 3 nitrogen and oxygen atoms in total. The van der Waals surface area contributed by atoms with Crippen LogP contribution in [0.25, 0.3) is 10.6 Å². The molecular weight excluding hydrogens is 378 g/mol. The average molecular weight is 394 g/mol. The van der Waals surface area contributed by atoms with Crippen LogP contribution in [0, 0.1) is 13.8 Å². The SMILES string of the molecule is CCc1cc(Br)ccc1Nc1nc(-c2sc(C)nc2C)cs1. The van der Waals surface area contributed by atoms with Crippen molar-refractivity contribution in [3.63, 3.8) is 0 Å². The molecule has 1 aromatic carbocycles. The normalized spacial score (nSPS) is 10.9. The molecule has 0 saturated carbocycles. The molecule has 0 saturated heterocycles. The van der Waals surface area contributed by atoms with Crippen LogP contribution in [0.3, 0.4) is 0 Å². The van der Waals surface area contributed by atoms with E-state index in [1.165, 1.54) is 5.56 Å². The van der Waals surface area contributed by atoms with Crippen LogP contribution >= 0.6 is 38.6 Å². The van der Waals surface area contributed by atoms with Gasteiger partial charge in [0.25, 0.3) is 0 Å². The van der Waals surface area contributed by atoms with Crippen molar-refractivity contribution in [3.8, 4) is 10.6 Å². The van der Waals surface area contributed by atoms with Crippen LogP contribution in [0.2, 0.25) is 0 Å². The molecule has 3 aromatic rings. The number of aryl methyl sites for hydroxylation is 3. The molecular formula is C16H16BrN3S2. The highest BCUT2D eigenvalue weighted by molar-refractivity contribution is 9.10. The maximum Gasteiger partial charge on any atom is 0.187 e. The van der Waals surface area contributed by atoms with E-state index < -0.39 is 0 Å². The highest BCUT2D eigenvalue weighted by Gasteiger charge is 2.12. The molecule has 0 aliphatic heterocycles. The second-order valence-electron chi connectivity index (χ2n) is 4.97. The number of nitrogens with zero attached hydrogens (tertiary/aromatic N) is 2. The first kappa shape index (κ1) is 15.6. The van der Waals surface area contributed by atoms with Crippen LogP contribution in [-0.4, -0.2) is 9.97 Å². The number of nitrogens with one attached hydrogen (secondary N) is 1. The molecule has 114 valence electrons. The first-order valence-corrected chi connectivity index (χ1v) is 9.51. The zero-order chi connectivity index (χ0) is 15.7. The number of aromatic nitrogens is 2. The molecule has 0 unspecified atom stereocenters. The fourth-order valence-electron chi connectivity index (χ4n) is 2.30. The van der Waals surface area contributed by atoms with E-state index in [0.29, 0.717) is 0 Å². The largest absolute Gasteiger partial charge is 0.331 e. The first-order chi connectivity index (χ1) is 10.6. The van der Waals surface area contributed by atoms with Crippen LogP contribution in [0.4, 0.5) is 10.8 Å². The number of anilines is 2. The van der Waals surface area contributed by atoms with Crippen LogP contribution in [0.5, 0.6) is 0 Å². The smallest absolute Gasteiger partial charge is 0.187 e. The van der Waals surface area contributed by atoms with Gasteiger partial charge in [0.2, 0.25) is 0 Å². The summed E-state index contributed by atoms with van der Waals surface area (Å²) in [6.07, 6.45) is 0.979. The average Bonchev–Trinajstić information content (AvgIpc) is 3.07. The second-order valence-corrected chi connectivity index (χ2v) is 7.94. The zero-order valence-electron chi connectivity index (χ0n) is 12.6. The number of hydrogen-bond donors (Lipinski definition) is 1. The summed E-state index contributed by atoms with van der Waals surface area (Å²) in [5.74, 6) is 0. The Morgan fingerprint density at radius 3 is 2.73 bits per heavy atom. The maximum absolute atomic E-state index is 4.71. The van der Waals surface area contributed by atoms with E-state index in [2.05, 4.69) is 50.7 Å². The Labute approximate surface area is 146 Å². The third-order valence-corrected chi connectivity index (χ3v) is 5.68. The van der Waals surface area contributed by atoms with E-state index in [0.717, 1.165) is 43.0 Å². The van der Waals surface area contributed by atoms with Crippen molar-refractivity contribution >= 4 is 49.4 Å². The summed E-state index contributed by atoms with van der Waals surface area (Å²) in [5.41, 5.74) is 4.45. The summed E-state index contributed by atoms with van der Waals surface area (Å²) in [7, 11) is 0.